The molecule has 0 amide bonds. The number of pyridine rings is 1. The maximum absolute atomic E-state index is 4.48. The molecule has 0 aliphatic rings. The largest absolute Gasteiger partial charge is 0.261 e. The van der Waals surface area contributed by atoms with Crippen molar-refractivity contribution < 1.29 is 0 Å². The van der Waals surface area contributed by atoms with E-state index in [2.05, 4.69) is 145 Å². The summed E-state index contributed by atoms with van der Waals surface area (Å²) in [5.74, 6) is 0. The van der Waals surface area contributed by atoms with Gasteiger partial charge in [-0.15, -0.1) is 0 Å². The normalized spacial score (nSPS) is 11.2. The smallest absolute Gasteiger partial charge is 0.0373 e. The van der Waals surface area contributed by atoms with Gasteiger partial charge in [-0.05, 0) is 79.5 Å². The summed E-state index contributed by atoms with van der Waals surface area (Å²) in [5.41, 5.74) is 10.8. The topological polar surface area (TPSA) is 12.9 Å². The minimum absolute atomic E-state index is 1.03. The zero-order valence-corrected chi connectivity index (χ0v) is 21.8. The average molecular weight is 498 g/mol. The van der Waals surface area contributed by atoms with Gasteiger partial charge in [0.2, 0.25) is 0 Å². The van der Waals surface area contributed by atoms with Crippen LogP contribution >= 0.6 is 0 Å². The van der Waals surface area contributed by atoms with Gasteiger partial charge in [0, 0.05) is 17.5 Å². The van der Waals surface area contributed by atoms with Gasteiger partial charge in [0.15, 0.2) is 0 Å². The minimum atomic E-state index is 1.03. The third-order valence-electron chi connectivity index (χ3n) is 7.61. The molecule has 0 aliphatic heterocycles. The lowest BCUT2D eigenvalue weighted by molar-refractivity contribution is 1.20. The summed E-state index contributed by atoms with van der Waals surface area (Å²) in [6.45, 7) is 2.02. The van der Waals surface area contributed by atoms with Gasteiger partial charge in [0.25, 0.3) is 0 Å². The van der Waals surface area contributed by atoms with Crippen LogP contribution in [-0.4, -0.2) is 4.98 Å². The Kier molecular flexibility index (Phi) is 5.75. The maximum atomic E-state index is 4.48. The van der Waals surface area contributed by atoms with Crippen LogP contribution in [0.4, 0.5) is 0 Å². The molecule has 39 heavy (non-hydrogen) atoms. The van der Waals surface area contributed by atoms with E-state index in [0.29, 0.717) is 0 Å². The van der Waals surface area contributed by atoms with Crippen molar-refractivity contribution in [2.75, 3.05) is 0 Å². The van der Waals surface area contributed by atoms with Crippen LogP contribution in [0.1, 0.15) is 5.69 Å². The Morgan fingerprint density at radius 3 is 1.41 bits per heavy atom. The van der Waals surface area contributed by atoms with Crippen molar-refractivity contribution in [3.63, 3.8) is 0 Å². The lowest BCUT2D eigenvalue weighted by Gasteiger charge is -2.18. The molecule has 0 bridgehead atoms. The van der Waals surface area contributed by atoms with Crippen LogP contribution in [0.5, 0.6) is 0 Å². The third-order valence-corrected chi connectivity index (χ3v) is 7.61. The summed E-state index contributed by atoms with van der Waals surface area (Å²) >= 11 is 0. The molecule has 6 aromatic carbocycles. The summed E-state index contributed by atoms with van der Waals surface area (Å²) < 4.78 is 0. The molecule has 0 aliphatic carbocycles. The minimum Gasteiger partial charge on any atom is -0.261 e. The second kappa shape index (κ2) is 9.70. The molecular formula is C38H27N. The number of aryl methyl sites for hydroxylation is 1. The van der Waals surface area contributed by atoms with Crippen LogP contribution in [0.3, 0.4) is 0 Å². The molecule has 7 rings (SSSR count). The van der Waals surface area contributed by atoms with Gasteiger partial charge < -0.3 is 0 Å². The molecule has 0 radical (unpaired) electrons. The SMILES string of the molecule is Cc1ccc(-c2ccc(-c3c4ccccc4c(-c4cccc(-c5ccccc5)c4)c4ccccc34)cc2)cn1. The van der Waals surface area contributed by atoms with E-state index in [1.807, 2.05) is 13.1 Å². The molecule has 0 fully saturated rings. The van der Waals surface area contributed by atoms with E-state index in [4.69, 9.17) is 0 Å². The predicted octanol–water partition coefficient (Wildman–Crippen LogP) is 10.4. The number of rotatable bonds is 4. The Morgan fingerprint density at radius 1 is 0.359 bits per heavy atom. The Balaban J connectivity index is 1.45. The molecular weight excluding hydrogens is 470 g/mol. The molecule has 1 aromatic heterocycles. The first-order valence-corrected chi connectivity index (χ1v) is 13.4. The highest BCUT2D eigenvalue weighted by Gasteiger charge is 2.17. The van der Waals surface area contributed by atoms with Gasteiger partial charge in [-0.25, -0.2) is 0 Å². The number of hydrogen-bond donors (Lipinski definition) is 0. The summed E-state index contributed by atoms with van der Waals surface area (Å²) in [7, 11) is 0. The first-order valence-electron chi connectivity index (χ1n) is 13.4. The fraction of sp³-hybridized carbons (Fsp3) is 0.0263. The van der Waals surface area contributed by atoms with Crippen molar-refractivity contribution in [3.8, 4) is 44.5 Å². The molecule has 1 heteroatoms. The molecule has 0 N–H and O–H groups in total. The lowest BCUT2D eigenvalue weighted by Crippen LogP contribution is -1.91. The zero-order valence-electron chi connectivity index (χ0n) is 21.8. The highest BCUT2D eigenvalue weighted by Crippen LogP contribution is 2.44. The molecule has 1 heterocycles. The summed E-state index contributed by atoms with van der Waals surface area (Å²) in [6, 6.07) is 50.3. The van der Waals surface area contributed by atoms with Gasteiger partial charge in [0.05, 0.1) is 0 Å². The molecule has 0 saturated carbocycles. The number of nitrogens with zero attached hydrogens (tertiary/aromatic N) is 1. The molecule has 0 atom stereocenters. The molecule has 7 aromatic rings. The fourth-order valence-electron chi connectivity index (χ4n) is 5.70. The predicted molar refractivity (Wildman–Crippen MR) is 166 cm³/mol. The van der Waals surface area contributed by atoms with Gasteiger partial charge in [-0.1, -0.05) is 127 Å². The first kappa shape index (κ1) is 23.1. The van der Waals surface area contributed by atoms with Crippen molar-refractivity contribution in [1.82, 2.24) is 4.98 Å². The van der Waals surface area contributed by atoms with E-state index in [1.165, 1.54) is 60.5 Å². The number of benzene rings is 6. The second-order valence-corrected chi connectivity index (χ2v) is 10.1. The second-order valence-electron chi connectivity index (χ2n) is 10.1. The van der Waals surface area contributed by atoms with Crippen LogP contribution < -0.4 is 0 Å². The van der Waals surface area contributed by atoms with Crippen molar-refractivity contribution in [1.29, 1.82) is 0 Å². The maximum Gasteiger partial charge on any atom is 0.0373 e. The van der Waals surface area contributed by atoms with E-state index in [1.54, 1.807) is 0 Å². The van der Waals surface area contributed by atoms with Gasteiger partial charge in [0.1, 0.15) is 0 Å². The molecule has 1 nitrogen and oxygen atoms in total. The van der Waals surface area contributed by atoms with Crippen LogP contribution in [0.25, 0.3) is 66.1 Å². The van der Waals surface area contributed by atoms with Crippen LogP contribution in [0.15, 0.2) is 146 Å². The Morgan fingerprint density at radius 2 is 0.821 bits per heavy atom. The lowest BCUT2D eigenvalue weighted by atomic mass is 9.85. The third kappa shape index (κ3) is 4.19. The van der Waals surface area contributed by atoms with Gasteiger partial charge in [-0.2, -0.15) is 0 Å². The van der Waals surface area contributed by atoms with Crippen molar-refractivity contribution >= 4 is 21.5 Å². The summed E-state index contributed by atoms with van der Waals surface area (Å²) in [6.07, 6.45) is 1.95. The quantitative estimate of drug-likeness (QED) is 0.220. The van der Waals surface area contributed by atoms with Crippen molar-refractivity contribution in [2.24, 2.45) is 0 Å². The highest BCUT2D eigenvalue weighted by atomic mass is 14.7. The highest BCUT2D eigenvalue weighted by molar-refractivity contribution is 6.21. The van der Waals surface area contributed by atoms with E-state index >= 15 is 0 Å². The monoisotopic (exact) mass is 497 g/mol. The number of fused-ring (bicyclic) bond motifs is 2. The number of hydrogen-bond acceptors (Lipinski definition) is 1. The van der Waals surface area contributed by atoms with E-state index in [9.17, 15) is 0 Å². The number of aromatic nitrogens is 1. The zero-order chi connectivity index (χ0) is 26.2. The van der Waals surface area contributed by atoms with E-state index in [0.717, 1.165) is 11.3 Å². The van der Waals surface area contributed by atoms with E-state index in [-0.39, 0.29) is 0 Å². The molecule has 184 valence electrons. The van der Waals surface area contributed by atoms with Crippen LogP contribution in [0, 0.1) is 6.92 Å². The summed E-state index contributed by atoms with van der Waals surface area (Å²) in [5, 5.41) is 5.06. The Hall–Kier alpha value is -5.01. The van der Waals surface area contributed by atoms with Crippen molar-refractivity contribution in [3.05, 3.63) is 151 Å². The van der Waals surface area contributed by atoms with Crippen LogP contribution in [-0.2, 0) is 0 Å². The Labute approximate surface area is 229 Å². The van der Waals surface area contributed by atoms with Gasteiger partial charge in [-0.3, -0.25) is 4.98 Å². The van der Waals surface area contributed by atoms with Crippen molar-refractivity contribution in [2.45, 2.75) is 6.92 Å². The first-order chi connectivity index (χ1) is 19.3. The van der Waals surface area contributed by atoms with Crippen LogP contribution in [0.2, 0.25) is 0 Å². The summed E-state index contributed by atoms with van der Waals surface area (Å²) in [4.78, 5) is 4.48. The molecule has 0 spiro atoms. The average Bonchev–Trinajstić information content (AvgIpc) is 3.01. The van der Waals surface area contributed by atoms with Gasteiger partial charge >= 0.3 is 0 Å². The fourth-order valence-corrected chi connectivity index (χ4v) is 5.70. The standard InChI is InChI=1S/C38H27N/c1-26-18-19-32(25-39-26)28-20-22-29(23-21-28)37-33-14-5-7-16-35(33)38(36-17-8-6-15-34(36)37)31-13-9-12-30(24-31)27-10-3-2-4-11-27/h2-25H,1H3. The van der Waals surface area contributed by atoms with E-state index < -0.39 is 0 Å². The molecule has 0 unspecified atom stereocenters. The Bertz CT molecular complexity index is 1880. The molecule has 0 saturated heterocycles.